The predicted molar refractivity (Wildman–Crippen MR) is 120 cm³/mol. The summed E-state index contributed by atoms with van der Waals surface area (Å²) >= 11 is 0. The van der Waals surface area contributed by atoms with Crippen molar-refractivity contribution in [2.75, 3.05) is 36.9 Å². The van der Waals surface area contributed by atoms with Gasteiger partial charge in [-0.2, -0.15) is 13.2 Å². The van der Waals surface area contributed by atoms with Crippen molar-refractivity contribution in [1.82, 2.24) is 19.9 Å². The zero-order valence-corrected chi connectivity index (χ0v) is 19.1. The van der Waals surface area contributed by atoms with E-state index in [9.17, 15) is 18.0 Å². The van der Waals surface area contributed by atoms with Crippen molar-refractivity contribution in [2.24, 2.45) is 5.92 Å². The lowest BCUT2D eigenvalue weighted by atomic mass is 9.95. The van der Waals surface area contributed by atoms with Crippen LogP contribution in [0.4, 0.5) is 24.7 Å². The quantitative estimate of drug-likeness (QED) is 0.630. The molecule has 3 atom stereocenters. The van der Waals surface area contributed by atoms with Crippen LogP contribution in [0.1, 0.15) is 36.1 Å². The van der Waals surface area contributed by atoms with Crippen LogP contribution in [0.15, 0.2) is 18.6 Å². The zero-order chi connectivity index (χ0) is 24.6. The summed E-state index contributed by atoms with van der Waals surface area (Å²) in [5.74, 6) is -0.244. The van der Waals surface area contributed by atoms with Crippen LogP contribution in [-0.4, -0.2) is 64.7 Å². The van der Waals surface area contributed by atoms with Crippen LogP contribution in [0.25, 0.3) is 0 Å². The molecule has 35 heavy (non-hydrogen) atoms. The first-order chi connectivity index (χ1) is 16.8. The van der Waals surface area contributed by atoms with Gasteiger partial charge in [-0.15, -0.1) is 0 Å². The number of nitrogen functional groups attached to an aromatic ring is 1. The molecule has 3 aliphatic rings. The average Bonchev–Trinajstić information content (AvgIpc) is 3.31. The normalized spacial score (nSPS) is 25.3. The SMILES string of the molecule is Nc1ncc(N2CCc3ncnc(OC4CCCN4C4COCCC4C=O)c3C2)cc1C(F)(F)F. The number of hydrogen-bond acceptors (Lipinski definition) is 9. The summed E-state index contributed by atoms with van der Waals surface area (Å²) in [5, 5.41) is 0. The highest BCUT2D eigenvalue weighted by atomic mass is 19.4. The van der Waals surface area contributed by atoms with Gasteiger partial charge in [-0.1, -0.05) is 0 Å². The third-order valence-corrected chi connectivity index (χ3v) is 7.00. The smallest absolute Gasteiger partial charge is 0.420 e. The van der Waals surface area contributed by atoms with Crippen LogP contribution >= 0.6 is 0 Å². The molecule has 3 aliphatic heterocycles. The molecule has 12 heteroatoms. The third kappa shape index (κ3) is 4.76. The molecule has 0 saturated carbocycles. The standard InChI is InChI=1S/C23H27F3N6O3/c24-23(25,26)17-8-15(9-28-21(17)27)31-6-3-18-16(10-31)22(30-13-29-18)35-20-2-1-5-32(20)19-12-34-7-4-14(19)11-33/h8-9,11,13-14,19-20H,1-7,10,12H2,(H2,27,28). The Morgan fingerprint density at radius 1 is 1.20 bits per heavy atom. The number of pyridine rings is 1. The minimum Gasteiger partial charge on any atom is -0.458 e. The number of aldehydes is 1. The van der Waals surface area contributed by atoms with Gasteiger partial charge in [0.15, 0.2) is 6.23 Å². The molecule has 2 N–H and O–H groups in total. The molecule has 0 radical (unpaired) electrons. The van der Waals surface area contributed by atoms with Gasteiger partial charge in [-0.05, 0) is 25.3 Å². The number of alkyl halides is 3. The van der Waals surface area contributed by atoms with E-state index in [-0.39, 0.29) is 24.7 Å². The number of nitrogens with zero attached hydrogens (tertiary/aromatic N) is 5. The van der Waals surface area contributed by atoms with Crippen LogP contribution < -0.4 is 15.4 Å². The minimum absolute atomic E-state index is 0.0513. The molecule has 3 unspecified atom stereocenters. The first-order valence-electron chi connectivity index (χ1n) is 11.7. The van der Waals surface area contributed by atoms with Gasteiger partial charge >= 0.3 is 6.18 Å². The van der Waals surface area contributed by atoms with Crippen molar-refractivity contribution in [1.29, 1.82) is 0 Å². The lowest BCUT2D eigenvalue weighted by Crippen LogP contribution is -2.51. The van der Waals surface area contributed by atoms with Gasteiger partial charge < -0.3 is 24.9 Å². The number of carbonyl (C=O) groups excluding carboxylic acids is 1. The van der Waals surface area contributed by atoms with Gasteiger partial charge in [-0.25, -0.2) is 15.0 Å². The van der Waals surface area contributed by atoms with Crippen LogP contribution in [0.5, 0.6) is 5.88 Å². The van der Waals surface area contributed by atoms with Gasteiger partial charge in [0.2, 0.25) is 5.88 Å². The van der Waals surface area contributed by atoms with Crippen LogP contribution in [-0.2, 0) is 28.7 Å². The van der Waals surface area contributed by atoms with E-state index in [1.807, 2.05) is 0 Å². The summed E-state index contributed by atoms with van der Waals surface area (Å²) in [7, 11) is 0. The maximum absolute atomic E-state index is 13.4. The number of ether oxygens (including phenoxy) is 2. The molecule has 0 spiro atoms. The van der Waals surface area contributed by atoms with Gasteiger partial charge in [0.1, 0.15) is 18.4 Å². The second kappa shape index (κ2) is 9.57. The molecule has 0 aliphatic carbocycles. The van der Waals surface area contributed by atoms with Crippen molar-refractivity contribution in [3.05, 3.63) is 35.4 Å². The van der Waals surface area contributed by atoms with E-state index in [2.05, 4.69) is 19.9 Å². The fourth-order valence-corrected chi connectivity index (χ4v) is 5.13. The molecule has 0 aromatic carbocycles. The second-order valence-electron chi connectivity index (χ2n) is 9.08. The van der Waals surface area contributed by atoms with Gasteiger partial charge in [0, 0.05) is 38.1 Å². The third-order valence-electron chi connectivity index (χ3n) is 7.00. The van der Waals surface area contributed by atoms with E-state index in [0.29, 0.717) is 44.2 Å². The molecule has 5 rings (SSSR count). The number of likely N-dealkylation sites (tertiary alicyclic amines) is 1. The van der Waals surface area contributed by atoms with E-state index in [1.54, 1.807) is 4.90 Å². The fraction of sp³-hybridized carbons (Fsp3) is 0.565. The van der Waals surface area contributed by atoms with Gasteiger partial charge in [0.25, 0.3) is 0 Å². The average molecular weight is 493 g/mol. The molecule has 2 saturated heterocycles. The lowest BCUT2D eigenvalue weighted by Gasteiger charge is -2.38. The van der Waals surface area contributed by atoms with Crippen molar-refractivity contribution in [2.45, 2.75) is 50.7 Å². The number of halogens is 3. The fourth-order valence-electron chi connectivity index (χ4n) is 5.13. The predicted octanol–water partition coefficient (Wildman–Crippen LogP) is 2.44. The Hall–Kier alpha value is -2.99. The highest BCUT2D eigenvalue weighted by Crippen LogP contribution is 2.37. The maximum Gasteiger partial charge on any atom is 0.420 e. The van der Waals surface area contributed by atoms with Crippen LogP contribution in [0.3, 0.4) is 0 Å². The van der Waals surface area contributed by atoms with Crippen molar-refractivity contribution < 1.29 is 27.4 Å². The summed E-state index contributed by atoms with van der Waals surface area (Å²) in [5.41, 5.74) is 6.38. The Morgan fingerprint density at radius 2 is 2.06 bits per heavy atom. The zero-order valence-electron chi connectivity index (χ0n) is 19.1. The van der Waals surface area contributed by atoms with Crippen LogP contribution in [0.2, 0.25) is 0 Å². The van der Waals surface area contributed by atoms with Crippen LogP contribution in [0, 0.1) is 5.92 Å². The number of anilines is 2. The van der Waals surface area contributed by atoms with E-state index in [0.717, 1.165) is 43.0 Å². The molecule has 2 fully saturated rings. The number of carbonyl (C=O) groups is 1. The highest BCUT2D eigenvalue weighted by Gasteiger charge is 2.39. The summed E-state index contributed by atoms with van der Waals surface area (Å²) in [6.45, 7) is 2.60. The number of nitrogens with two attached hydrogens (primary N) is 1. The number of aromatic nitrogens is 3. The Kier molecular flexibility index (Phi) is 6.49. The highest BCUT2D eigenvalue weighted by molar-refractivity contribution is 5.56. The molecule has 9 nitrogen and oxygen atoms in total. The molecule has 2 aromatic heterocycles. The Labute approximate surface area is 200 Å². The van der Waals surface area contributed by atoms with Crippen molar-refractivity contribution in [3.63, 3.8) is 0 Å². The van der Waals surface area contributed by atoms with E-state index in [1.165, 1.54) is 12.5 Å². The summed E-state index contributed by atoms with van der Waals surface area (Å²) in [4.78, 5) is 28.1. The molecule has 5 heterocycles. The van der Waals surface area contributed by atoms with Gasteiger partial charge in [0.05, 0.1) is 41.9 Å². The molecular weight excluding hydrogens is 465 g/mol. The van der Waals surface area contributed by atoms with E-state index >= 15 is 0 Å². The minimum atomic E-state index is -4.59. The molecule has 0 amide bonds. The molecule has 188 valence electrons. The topological polar surface area (TPSA) is 107 Å². The van der Waals surface area contributed by atoms with Gasteiger partial charge in [-0.3, -0.25) is 4.90 Å². The second-order valence-corrected chi connectivity index (χ2v) is 9.08. The monoisotopic (exact) mass is 492 g/mol. The van der Waals surface area contributed by atoms with Crippen molar-refractivity contribution in [3.8, 4) is 5.88 Å². The summed E-state index contributed by atoms with van der Waals surface area (Å²) in [6, 6.07) is 0.975. The molecule has 0 bridgehead atoms. The maximum atomic E-state index is 13.4. The number of rotatable bonds is 5. The summed E-state index contributed by atoms with van der Waals surface area (Å²) < 4.78 is 52.1. The van der Waals surface area contributed by atoms with E-state index in [4.69, 9.17) is 15.2 Å². The first-order valence-corrected chi connectivity index (χ1v) is 11.7. The number of fused-ring (bicyclic) bond motifs is 1. The first kappa shape index (κ1) is 23.7. The number of hydrogen-bond donors (Lipinski definition) is 1. The largest absolute Gasteiger partial charge is 0.458 e. The summed E-state index contributed by atoms with van der Waals surface area (Å²) in [6.07, 6.45) is 1.85. The van der Waals surface area contributed by atoms with E-state index < -0.39 is 17.6 Å². The van der Waals surface area contributed by atoms with Crippen molar-refractivity contribution >= 4 is 17.8 Å². The molecular formula is C23H27F3N6O3. The Morgan fingerprint density at radius 3 is 2.86 bits per heavy atom. The lowest BCUT2D eigenvalue weighted by molar-refractivity contribution is -0.137. The molecule has 2 aromatic rings. The Balaban J connectivity index is 1.37. The Bertz CT molecular complexity index is 1080.